The predicted molar refractivity (Wildman–Crippen MR) is 81.4 cm³/mol. The van der Waals surface area contributed by atoms with E-state index in [0.29, 0.717) is 12.5 Å². The molecule has 0 aliphatic carbocycles. The van der Waals surface area contributed by atoms with Crippen molar-refractivity contribution in [1.29, 1.82) is 0 Å². The molecular weight excluding hydrogens is 266 g/mol. The fourth-order valence-corrected chi connectivity index (χ4v) is 3.36. The van der Waals surface area contributed by atoms with Crippen molar-refractivity contribution in [3.63, 3.8) is 0 Å². The summed E-state index contributed by atoms with van der Waals surface area (Å²) < 4.78 is 13.9. The minimum Gasteiger partial charge on any atom is -0.378 e. The van der Waals surface area contributed by atoms with Crippen molar-refractivity contribution in [3.05, 3.63) is 17.2 Å². The Balaban J connectivity index is 1.92. The standard InChI is InChI=1S/C16H27N3O2/c1-12(2)8-15-18-13-9-17-6-4-14(13)19(15)10-16(20-3)5-7-21-11-16/h12,17H,4-11H2,1-3H3. The average Bonchev–Trinajstić information content (AvgIpc) is 3.05. The van der Waals surface area contributed by atoms with Crippen LogP contribution in [0.25, 0.3) is 0 Å². The zero-order valence-corrected chi connectivity index (χ0v) is 13.4. The van der Waals surface area contributed by atoms with Gasteiger partial charge in [-0.15, -0.1) is 0 Å². The number of hydrogen-bond acceptors (Lipinski definition) is 4. The summed E-state index contributed by atoms with van der Waals surface area (Å²) in [5.41, 5.74) is 2.44. The van der Waals surface area contributed by atoms with E-state index in [1.807, 2.05) is 7.11 Å². The number of fused-ring (bicyclic) bond motifs is 1. The number of imidazole rings is 1. The summed E-state index contributed by atoms with van der Waals surface area (Å²) in [6.45, 7) is 8.79. The van der Waals surface area contributed by atoms with Crippen LogP contribution >= 0.6 is 0 Å². The van der Waals surface area contributed by atoms with Crippen molar-refractivity contribution < 1.29 is 9.47 Å². The summed E-state index contributed by atoms with van der Waals surface area (Å²) in [4.78, 5) is 4.90. The van der Waals surface area contributed by atoms with Crippen molar-refractivity contribution in [2.24, 2.45) is 5.92 Å². The Morgan fingerprint density at radius 2 is 2.33 bits per heavy atom. The fourth-order valence-electron chi connectivity index (χ4n) is 3.36. The molecule has 1 aromatic rings. The minimum atomic E-state index is -0.176. The van der Waals surface area contributed by atoms with Crippen molar-refractivity contribution in [2.45, 2.75) is 51.8 Å². The largest absolute Gasteiger partial charge is 0.378 e. The summed E-state index contributed by atoms with van der Waals surface area (Å²) in [6.07, 6.45) is 3.05. The lowest BCUT2D eigenvalue weighted by atomic mass is 10.0. The molecule has 1 atom stereocenters. The third-order valence-corrected chi connectivity index (χ3v) is 4.60. The molecule has 0 radical (unpaired) electrons. The number of ether oxygens (including phenoxy) is 2. The van der Waals surface area contributed by atoms with E-state index in [2.05, 4.69) is 23.7 Å². The summed E-state index contributed by atoms with van der Waals surface area (Å²) in [5, 5.41) is 3.42. The zero-order chi connectivity index (χ0) is 14.9. The van der Waals surface area contributed by atoms with Crippen LogP contribution in [-0.2, 0) is 35.4 Å². The van der Waals surface area contributed by atoms with Gasteiger partial charge in [0.1, 0.15) is 11.4 Å². The number of hydrogen-bond donors (Lipinski definition) is 1. The van der Waals surface area contributed by atoms with Gasteiger partial charge in [-0.2, -0.15) is 0 Å². The Bertz CT molecular complexity index is 490. The molecule has 5 nitrogen and oxygen atoms in total. The zero-order valence-electron chi connectivity index (χ0n) is 13.4. The van der Waals surface area contributed by atoms with Gasteiger partial charge in [-0.05, 0) is 5.92 Å². The van der Waals surface area contributed by atoms with Crippen LogP contribution < -0.4 is 5.32 Å². The predicted octanol–water partition coefficient (Wildman–Crippen LogP) is 1.53. The summed E-state index contributed by atoms with van der Waals surface area (Å²) in [5.74, 6) is 1.82. The van der Waals surface area contributed by atoms with E-state index in [9.17, 15) is 0 Å². The molecule has 5 heteroatoms. The van der Waals surface area contributed by atoms with E-state index in [1.54, 1.807) is 0 Å². The van der Waals surface area contributed by atoms with E-state index in [0.717, 1.165) is 45.5 Å². The van der Waals surface area contributed by atoms with Crippen molar-refractivity contribution >= 4 is 0 Å². The molecule has 0 saturated carbocycles. The van der Waals surface area contributed by atoms with E-state index in [-0.39, 0.29) is 5.60 Å². The molecule has 1 saturated heterocycles. The molecule has 1 fully saturated rings. The first kappa shape index (κ1) is 15.0. The average molecular weight is 293 g/mol. The first-order chi connectivity index (χ1) is 10.1. The molecular formula is C16H27N3O2. The summed E-state index contributed by atoms with van der Waals surface area (Å²) in [6, 6.07) is 0. The molecule has 2 aliphatic rings. The van der Waals surface area contributed by atoms with Gasteiger partial charge in [0.05, 0.1) is 18.8 Å². The Hall–Kier alpha value is -0.910. The van der Waals surface area contributed by atoms with Crippen LogP contribution in [0.4, 0.5) is 0 Å². The topological polar surface area (TPSA) is 48.3 Å². The lowest BCUT2D eigenvalue weighted by molar-refractivity contribution is -0.0305. The second-order valence-electron chi connectivity index (χ2n) is 6.72. The number of aromatic nitrogens is 2. The van der Waals surface area contributed by atoms with Gasteiger partial charge >= 0.3 is 0 Å². The molecule has 1 N–H and O–H groups in total. The van der Waals surface area contributed by atoms with Crippen molar-refractivity contribution in [2.75, 3.05) is 26.9 Å². The molecule has 0 spiro atoms. The number of rotatable bonds is 5. The Morgan fingerprint density at radius 3 is 3.00 bits per heavy atom. The number of methoxy groups -OCH3 is 1. The smallest absolute Gasteiger partial charge is 0.111 e. The van der Waals surface area contributed by atoms with Gasteiger partial charge < -0.3 is 19.4 Å². The van der Waals surface area contributed by atoms with Crippen LogP contribution in [0.3, 0.4) is 0 Å². The van der Waals surface area contributed by atoms with Gasteiger partial charge in [0, 0.05) is 51.8 Å². The Labute approximate surface area is 127 Å². The maximum Gasteiger partial charge on any atom is 0.111 e. The Morgan fingerprint density at radius 1 is 1.48 bits per heavy atom. The summed E-state index contributed by atoms with van der Waals surface area (Å²) >= 11 is 0. The van der Waals surface area contributed by atoms with Crippen LogP contribution in [0.1, 0.15) is 37.5 Å². The lowest BCUT2D eigenvalue weighted by Crippen LogP contribution is -2.38. The molecule has 118 valence electrons. The first-order valence-electron chi connectivity index (χ1n) is 8.04. The molecule has 0 aromatic carbocycles. The van der Waals surface area contributed by atoms with E-state index >= 15 is 0 Å². The molecule has 3 heterocycles. The van der Waals surface area contributed by atoms with Gasteiger partial charge in [0.2, 0.25) is 0 Å². The van der Waals surface area contributed by atoms with Gasteiger partial charge in [-0.3, -0.25) is 0 Å². The third kappa shape index (κ3) is 3.00. The van der Waals surface area contributed by atoms with E-state index < -0.39 is 0 Å². The maximum atomic E-state index is 5.83. The van der Waals surface area contributed by atoms with Crippen molar-refractivity contribution in [1.82, 2.24) is 14.9 Å². The second kappa shape index (κ2) is 6.07. The number of nitrogens with zero attached hydrogens (tertiary/aromatic N) is 2. The highest BCUT2D eigenvalue weighted by molar-refractivity contribution is 5.21. The van der Waals surface area contributed by atoms with Gasteiger partial charge in [-0.25, -0.2) is 4.98 Å². The first-order valence-corrected chi connectivity index (χ1v) is 8.04. The molecule has 1 aromatic heterocycles. The maximum absolute atomic E-state index is 5.83. The van der Waals surface area contributed by atoms with Gasteiger partial charge in [0.25, 0.3) is 0 Å². The minimum absolute atomic E-state index is 0.176. The highest BCUT2D eigenvalue weighted by atomic mass is 16.5. The van der Waals surface area contributed by atoms with Gasteiger partial charge in [0.15, 0.2) is 0 Å². The molecule has 21 heavy (non-hydrogen) atoms. The number of nitrogens with one attached hydrogen (secondary N) is 1. The monoisotopic (exact) mass is 293 g/mol. The molecule has 3 rings (SSSR count). The molecule has 0 amide bonds. The molecule has 1 unspecified atom stereocenters. The SMILES string of the molecule is COC1(Cn2c(CC(C)C)nc3c2CCNC3)CCOC1. The fraction of sp³-hybridized carbons (Fsp3) is 0.812. The quantitative estimate of drug-likeness (QED) is 0.894. The van der Waals surface area contributed by atoms with E-state index in [1.165, 1.54) is 17.2 Å². The molecule has 2 aliphatic heterocycles. The third-order valence-electron chi connectivity index (χ3n) is 4.60. The van der Waals surface area contributed by atoms with E-state index in [4.69, 9.17) is 14.5 Å². The van der Waals surface area contributed by atoms with Crippen molar-refractivity contribution in [3.8, 4) is 0 Å². The summed E-state index contributed by atoms with van der Waals surface area (Å²) in [7, 11) is 1.81. The molecule has 0 bridgehead atoms. The lowest BCUT2D eigenvalue weighted by Gasteiger charge is -2.29. The van der Waals surface area contributed by atoms with Crippen LogP contribution in [-0.4, -0.2) is 42.0 Å². The normalized spacial score (nSPS) is 25.5. The van der Waals surface area contributed by atoms with Gasteiger partial charge in [-0.1, -0.05) is 13.8 Å². The van der Waals surface area contributed by atoms with Crippen LogP contribution in [0.2, 0.25) is 0 Å². The Kier molecular flexibility index (Phi) is 4.33. The van der Waals surface area contributed by atoms with Crippen LogP contribution in [0, 0.1) is 5.92 Å². The highest BCUT2D eigenvalue weighted by Gasteiger charge is 2.37. The van der Waals surface area contributed by atoms with Crippen LogP contribution in [0.5, 0.6) is 0 Å². The highest BCUT2D eigenvalue weighted by Crippen LogP contribution is 2.28. The second-order valence-corrected chi connectivity index (χ2v) is 6.72. The van der Waals surface area contributed by atoms with Crippen LogP contribution in [0.15, 0.2) is 0 Å².